The molecule has 0 aliphatic carbocycles. The Hall–Kier alpha value is 0.0169. The van der Waals surface area contributed by atoms with Crippen LogP contribution >= 0.6 is 0 Å². The van der Waals surface area contributed by atoms with E-state index in [2.05, 4.69) is 49.3 Å². The van der Waals surface area contributed by atoms with Crippen LogP contribution in [0.4, 0.5) is 0 Å². The third kappa shape index (κ3) is 13.1. The van der Waals surface area contributed by atoms with Crippen molar-refractivity contribution in [2.24, 2.45) is 0 Å². The first-order valence-corrected chi connectivity index (χ1v) is 14.5. The van der Waals surface area contributed by atoms with Crippen molar-refractivity contribution in [1.82, 2.24) is 14.7 Å². The Labute approximate surface area is 184 Å². The van der Waals surface area contributed by atoms with Crippen molar-refractivity contribution in [3.63, 3.8) is 0 Å². The summed E-state index contributed by atoms with van der Waals surface area (Å²) in [7, 11) is 1.70. The molecule has 6 heteroatoms. The molecule has 0 saturated heterocycles. The lowest BCUT2D eigenvalue weighted by Gasteiger charge is -2.29. The van der Waals surface area contributed by atoms with Gasteiger partial charge in [0.25, 0.3) is 0 Å². The van der Waals surface area contributed by atoms with Gasteiger partial charge in [-0.05, 0) is 103 Å². The predicted octanol–water partition coefficient (Wildman–Crippen LogP) is 4.68. The first kappa shape index (κ1) is 29.0. The number of hydrogen-bond acceptors (Lipinski definition) is 5. The first-order chi connectivity index (χ1) is 14.0. The lowest BCUT2D eigenvalue weighted by molar-refractivity contribution is 0.207. The molecule has 0 heterocycles. The molecule has 0 N–H and O–H groups in total. The summed E-state index contributed by atoms with van der Waals surface area (Å²) in [4.78, 5) is 7.87. The van der Waals surface area contributed by atoms with E-state index >= 15 is 0 Å². The summed E-state index contributed by atoms with van der Waals surface area (Å²) >= 11 is 0. The Morgan fingerprint density at radius 1 is 0.552 bits per heavy atom. The highest BCUT2D eigenvalue weighted by atomic mass is 28.4. The van der Waals surface area contributed by atoms with Gasteiger partial charge in [-0.3, -0.25) is 0 Å². The average molecular weight is 432 g/mol. The SMILES string of the molecule is CCCN(CC)CCCN(CCCN(CC)CCC)CCC[Si](CC)(OC)OC. The zero-order valence-corrected chi connectivity index (χ0v) is 22.0. The van der Waals surface area contributed by atoms with E-state index in [9.17, 15) is 0 Å². The molecule has 0 aromatic heterocycles. The standard InChI is InChI=1S/C23H53N3O2Si/c1-8-16-24(10-3)18-13-20-26(21-14-19-25(11-4)17-9-2)22-15-23-29(12-5,27-6)28-7/h8-23H2,1-7H3. The zero-order valence-electron chi connectivity index (χ0n) is 21.0. The summed E-state index contributed by atoms with van der Waals surface area (Å²) < 4.78 is 11.6. The molecule has 0 radical (unpaired) electrons. The van der Waals surface area contributed by atoms with Crippen molar-refractivity contribution in [2.75, 3.05) is 73.1 Å². The topological polar surface area (TPSA) is 28.2 Å². The van der Waals surface area contributed by atoms with Crippen molar-refractivity contribution in [2.45, 2.75) is 78.8 Å². The third-order valence-corrected chi connectivity index (χ3v) is 9.87. The molecule has 29 heavy (non-hydrogen) atoms. The van der Waals surface area contributed by atoms with Crippen molar-refractivity contribution >= 4 is 8.56 Å². The van der Waals surface area contributed by atoms with E-state index in [0.717, 1.165) is 12.1 Å². The van der Waals surface area contributed by atoms with E-state index in [0.29, 0.717) is 0 Å². The van der Waals surface area contributed by atoms with Crippen LogP contribution in [-0.4, -0.2) is 96.4 Å². The van der Waals surface area contributed by atoms with Crippen LogP contribution in [0.2, 0.25) is 12.1 Å². The van der Waals surface area contributed by atoms with E-state index in [1.165, 1.54) is 91.0 Å². The van der Waals surface area contributed by atoms with Crippen LogP contribution in [0.5, 0.6) is 0 Å². The minimum atomic E-state index is -1.96. The molecular weight excluding hydrogens is 378 g/mol. The summed E-state index contributed by atoms with van der Waals surface area (Å²) in [6.07, 6.45) is 6.22. The normalized spacial score (nSPS) is 12.6. The van der Waals surface area contributed by atoms with Crippen molar-refractivity contribution in [3.05, 3.63) is 0 Å². The first-order valence-electron chi connectivity index (χ1n) is 12.3. The largest absolute Gasteiger partial charge is 0.398 e. The van der Waals surface area contributed by atoms with Gasteiger partial charge in [0.1, 0.15) is 0 Å². The number of hydrogen-bond donors (Lipinski definition) is 0. The molecular formula is C23H53N3O2Si. The van der Waals surface area contributed by atoms with Gasteiger partial charge < -0.3 is 23.6 Å². The average Bonchev–Trinajstić information content (AvgIpc) is 2.75. The van der Waals surface area contributed by atoms with Crippen LogP contribution < -0.4 is 0 Å². The van der Waals surface area contributed by atoms with Gasteiger partial charge >= 0.3 is 8.56 Å². The molecule has 0 aliphatic rings. The fourth-order valence-electron chi connectivity index (χ4n) is 4.18. The van der Waals surface area contributed by atoms with E-state index in [1.807, 2.05) is 14.2 Å². The van der Waals surface area contributed by atoms with Gasteiger partial charge in [0.15, 0.2) is 0 Å². The fourth-order valence-corrected chi connectivity index (χ4v) is 6.39. The molecule has 0 saturated carbocycles. The van der Waals surface area contributed by atoms with E-state index in [-0.39, 0.29) is 0 Å². The quantitative estimate of drug-likeness (QED) is 0.246. The zero-order chi connectivity index (χ0) is 22.0. The van der Waals surface area contributed by atoms with Crippen LogP contribution in [0, 0.1) is 0 Å². The summed E-state index contributed by atoms with van der Waals surface area (Å²) in [6, 6.07) is 2.13. The van der Waals surface area contributed by atoms with Gasteiger partial charge in [-0.2, -0.15) is 0 Å². The number of rotatable bonds is 21. The van der Waals surface area contributed by atoms with E-state index in [4.69, 9.17) is 8.85 Å². The highest BCUT2D eigenvalue weighted by Gasteiger charge is 2.32. The van der Waals surface area contributed by atoms with Crippen molar-refractivity contribution in [1.29, 1.82) is 0 Å². The predicted molar refractivity (Wildman–Crippen MR) is 130 cm³/mol. The second-order valence-corrected chi connectivity index (χ2v) is 12.0. The Morgan fingerprint density at radius 3 is 1.31 bits per heavy atom. The Balaban J connectivity index is 4.56. The lowest BCUT2D eigenvalue weighted by atomic mass is 10.2. The molecule has 176 valence electrons. The Bertz CT molecular complexity index is 329. The molecule has 0 fully saturated rings. The molecule has 0 atom stereocenters. The second-order valence-electron chi connectivity index (χ2n) is 8.19. The van der Waals surface area contributed by atoms with Gasteiger partial charge in [-0.25, -0.2) is 0 Å². The molecule has 0 aromatic rings. The molecule has 0 bridgehead atoms. The van der Waals surface area contributed by atoms with E-state index in [1.54, 1.807) is 0 Å². The molecule has 0 rings (SSSR count). The fraction of sp³-hybridized carbons (Fsp3) is 1.00. The molecule has 0 aromatic carbocycles. The van der Waals surface area contributed by atoms with Crippen LogP contribution in [0.25, 0.3) is 0 Å². The summed E-state index contributed by atoms with van der Waals surface area (Å²) in [5.41, 5.74) is 0. The van der Waals surface area contributed by atoms with Gasteiger partial charge in [0, 0.05) is 14.2 Å². The molecule has 0 spiro atoms. The molecule has 0 aliphatic heterocycles. The monoisotopic (exact) mass is 431 g/mol. The van der Waals surface area contributed by atoms with Gasteiger partial charge in [0.05, 0.1) is 0 Å². The Kier molecular flexibility index (Phi) is 18.8. The third-order valence-electron chi connectivity index (χ3n) is 6.19. The Morgan fingerprint density at radius 2 is 0.966 bits per heavy atom. The lowest BCUT2D eigenvalue weighted by Crippen LogP contribution is -2.40. The molecule has 5 nitrogen and oxygen atoms in total. The van der Waals surface area contributed by atoms with Gasteiger partial charge in [-0.1, -0.05) is 34.6 Å². The van der Waals surface area contributed by atoms with Crippen LogP contribution in [0.1, 0.15) is 66.7 Å². The highest BCUT2D eigenvalue weighted by molar-refractivity contribution is 6.67. The maximum absolute atomic E-state index is 5.81. The summed E-state index contributed by atoms with van der Waals surface area (Å²) in [5.74, 6) is 0. The highest BCUT2D eigenvalue weighted by Crippen LogP contribution is 2.19. The molecule has 0 amide bonds. The van der Waals surface area contributed by atoms with Crippen LogP contribution in [0.3, 0.4) is 0 Å². The minimum Gasteiger partial charge on any atom is -0.398 e. The van der Waals surface area contributed by atoms with Crippen LogP contribution in [0.15, 0.2) is 0 Å². The van der Waals surface area contributed by atoms with E-state index < -0.39 is 8.56 Å². The maximum Gasteiger partial charge on any atom is 0.337 e. The summed E-state index contributed by atoms with van der Waals surface area (Å²) in [5, 5.41) is 0. The summed E-state index contributed by atoms with van der Waals surface area (Å²) in [6.45, 7) is 22.2. The van der Waals surface area contributed by atoms with Crippen LogP contribution in [-0.2, 0) is 8.85 Å². The minimum absolute atomic E-state index is 1.03. The van der Waals surface area contributed by atoms with Crippen molar-refractivity contribution < 1.29 is 8.85 Å². The van der Waals surface area contributed by atoms with Gasteiger partial charge in [-0.15, -0.1) is 0 Å². The molecule has 0 unspecified atom stereocenters. The maximum atomic E-state index is 5.81. The smallest absolute Gasteiger partial charge is 0.337 e. The van der Waals surface area contributed by atoms with Gasteiger partial charge in [0.2, 0.25) is 0 Å². The second kappa shape index (κ2) is 18.8. The number of nitrogens with zero attached hydrogens (tertiary/aromatic N) is 3. The van der Waals surface area contributed by atoms with Crippen molar-refractivity contribution in [3.8, 4) is 0 Å².